The summed E-state index contributed by atoms with van der Waals surface area (Å²) in [5, 5.41) is 30.5. The zero-order valence-electron chi connectivity index (χ0n) is 17.4. The van der Waals surface area contributed by atoms with E-state index in [9.17, 15) is 10.4 Å². The zero-order chi connectivity index (χ0) is 21.5. The standard InChI is InChI=1S/C22H27N7O/c1-24-25-17-27(3)29(16-18-4-8-21(30)9-5-18)20-7-6-19(15-23)22(14-20)28-12-10-26(2)11-13-28/h4-9,14,17,30H,1,10-13,16H2,2-3H3. The maximum Gasteiger partial charge on any atom is 0.132 e. The first kappa shape index (κ1) is 21.1. The third kappa shape index (κ3) is 5.07. The van der Waals surface area contributed by atoms with Crippen LogP contribution < -0.4 is 9.91 Å². The number of benzene rings is 2. The van der Waals surface area contributed by atoms with Gasteiger partial charge in [-0.3, -0.25) is 10.0 Å². The summed E-state index contributed by atoms with van der Waals surface area (Å²) < 4.78 is 0. The van der Waals surface area contributed by atoms with Crippen molar-refractivity contribution in [3.63, 3.8) is 0 Å². The minimum atomic E-state index is 0.229. The number of hydrazine groups is 1. The Bertz CT molecular complexity index is 927. The van der Waals surface area contributed by atoms with E-state index < -0.39 is 0 Å². The Hall–Kier alpha value is -3.57. The van der Waals surface area contributed by atoms with Crippen LogP contribution in [-0.2, 0) is 6.54 Å². The highest BCUT2D eigenvalue weighted by atomic mass is 16.3. The average molecular weight is 406 g/mol. The summed E-state index contributed by atoms with van der Waals surface area (Å²) >= 11 is 0. The second-order valence-corrected chi connectivity index (χ2v) is 7.27. The molecule has 1 saturated heterocycles. The lowest BCUT2D eigenvalue weighted by Gasteiger charge is -2.36. The molecule has 1 fully saturated rings. The number of aromatic hydroxyl groups is 1. The molecule has 0 aromatic heterocycles. The predicted molar refractivity (Wildman–Crippen MR) is 121 cm³/mol. The molecule has 0 spiro atoms. The van der Waals surface area contributed by atoms with Crippen LogP contribution >= 0.6 is 0 Å². The summed E-state index contributed by atoms with van der Waals surface area (Å²) in [4.78, 5) is 4.55. The van der Waals surface area contributed by atoms with E-state index in [0.717, 1.165) is 43.1 Å². The molecule has 0 saturated carbocycles. The Morgan fingerprint density at radius 3 is 2.50 bits per heavy atom. The van der Waals surface area contributed by atoms with Crippen molar-refractivity contribution in [2.75, 3.05) is 50.2 Å². The van der Waals surface area contributed by atoms with Crippen LogP contribution in [0, 0.1) is 11.3 Å². The minimum absolute atomic E-state index is 0.229. The number of nitriles is 1. The number of hydrogen-bond acceptors (Lipinski definition) is 7. The van der Waals surface area contributed by atoms with Crippen LogP contribution in [0.25, 0.3) is 0 Å². The number of phenols is 1. The molecule has 0 amide bonds. The van der Waals surface area contributed by atoms with Gasteiger partial charge in [0.1, 0.15) is 18.2 Å². The first-order valence-electron chi connectivity index (χ1n) is 9.77. The van der Waals surface area contributed by atoms with E-state index in [0.29, 0.717) is 12.1 Å². The molecule has 1 aliphatic rings. The summed E-state index contributed by atoms with van der Waals surface area (Å²) in [6.07, 6.45) is 1.58. The van der Waals surface area contributed by atoms with Crippen LogP contribution in [0.4, 0.5) is 11.4 Å². The molecular weight excluding hydrogens is 378 g/mol. The van der Waals surface area contributed by atoms with E-state index >= 15 is 0 Å². The smallest absolute Gasteiger partial charge is 0.132 e. The first-order valence-corrected chi connectivity index (χ1v) is 9.77. The first-order chi connectivity index (χ1) is 14.5. The van der Waals surface area contributed by atoms with E-state index in [-0.39, 0.29) is 5.75 Å². The molecular formula is C22H27N7O. The lowest BCUT2D eigenvalue weighted by molar-refractivity contribution is 0.313. The normalized spacial score (nSPS) is 14.5. The summed E-state index contributed by atoms with van der Waals surface area (Å²) in [6, 6.07) is 15.3. The maximum absolute atomic E-state index is 9.64. The van der Waals surface area contributed by atoms with Gasteiger partial charge in [-0.05, 0) is 42.9 Å². The van der Waals surface area contributed by atoms with Crippen molar-refractivity contribution >= 4 is 24.4 Å². The molecule has 8 heteroatoms. The average Bonchev–Trinajstić information content (AvgIpc) is 2.77. The molecule has 0 aliphatic carbocycles. The Morgan fingerprint density at radius 2 is 1.87 bits per heavy atom. The van der Waals surface area contributed by atoms with Crippen LogP contribution in [0.5, 0.6) is 5.75 Å². The van der Waals surface area contributed by atoms with Crippen LogP contribution in [0.2, 0.25) is 0 Å². The summed E-state index contributed by atoms with van der Waals surface area (Å²) in [5.41, 5.74) is 3.54. The number of hydrogen-bond donors (Lipinski definition) is 1. The Labute approximate surface area is 177 Å². The van der Waals surface area contributed by atoms with E-state index in [1.807, 2.05) is 41.3 Å². The zero-order valence-corrected chi connectivity index (χ0v) is 17.4. The SMILES string of the molecule is C=NN=CN(C)N(Cc1ccc(O)cc1)c1ccc(C#N)c(N2CCN(C)CC2)c1. The molecule has 2 aromatic rings. The van der Waals surface area contributed by atoms with Gasteiger partial charge < -0.3 is 14.9 Å². The van der Waals surface area contributed by atoms with E-state index in [1.54, 1.807) is 18.5 Å². The number of rotatable bonds is 7. The molecule has 0 unspecified atom stereocenters. The highest BCUT2D eigenvalue weighted by Crippen LogP contribution is 2.29. The monoisotopic (exact) mass is 405 g/mol. The van der Waals surface area contributed by atoms with Crippen molar-refractivity contribution < 1.29 is 5.11 Å². The van der Waals surface area contributed by atoms with Crippen LogP contribution in [0.15, 0.2) is 52.7 Å². The van der Waals surface area contributed by atoms with Crippen molar-refractivity contribution in [3.05, 3.63) is 53.6 Å². The summed E-state index contributed by atoms with van der Waals surface area (Å²) in [5.74, 6) is 0.229. The number of piperazine rings is 1. The minimum Gasteiger partial charge on any atom is -0.508 e. The van der Waals surface area contributed by atoms with Gasteiger partial charge in [-0.1, -0.05) is 12.1 Å². The Kier molecular flexibility index (Phi) is 6.88. The highest BCUT2D eigenvalue weighted by Gasteiger charge is 2.20. The Balaban J connectivity index is 1.96. The fourth-order valence-electron chi connectivity index (χ4n) is 3.42. The van der Waals surface area contributed by atoms with E-state index in [1.165, 1.54) is 0 Å². The van der Waals surface area contributed by atoms with Gasteiger partial charge in [-0.25, -0.2) is 0 Å². The van der Waals surface area contributed by atoms with Crippen LogP contribution in [0.1, 0.15) is 11.1 Å². The second-order valence-electron chi connectivity index (χ2n) is 7.27. The van der Waals surface area contributed by atoms with Gasteiger partial charge in [0, 0.05) is 39.9 Å². The molecule has 0 atom stereocenters. The molecule has 156 valence electrons. The van der Waals surface area contributed by atoms with Gasteiger partial charge in [0.2, 0.25) is 0 Å². The number of anilines is 2. The summed E-state index contributed by atoms with van der Waals surface area (Å²) in [6.45, 7) is 7.63. The van der Waals surface area contributed by atoms with Crippen LogP contribution in [0.3, 0.4) is 0 Å². The molecule has 2 aromatic carbocycles. The molecule has 0 bridgehead atoms. The van der Waals surface area contributed by atoms with Crippen molar-refractivity contribution in [1.29, 1.82) is 5.26 Å². The van der Waals surface area contributed by atoms with Crippen molar-refractivity contribution in [3.8, 4) is 11.8 Å². The molecule has 0 radical (unpaired) electrons. The van der Waals surface area contributed by atoms with Crippen molar-refractivity contribution in [1.82, 2.24) is 9.91 Å². The topological polar surface area (TPSA) is 81.7 Å². The molecule has 1 aliphatic heterocycles. The molecule has 30 heavy (non-hydrogen) atoms. The second kappa shape index (κ2) is 9.76. The number of nitrogens with zero attached hydrogens (tertiary/aromatic N) is 7. The highest BCUT2D eigenvalue weighted by molar-refractivity contribution is 5.69. The maximum atomic E-state index is 9.64. The number of likely N-dealkylation sites (N-methyl/N-ethyl adjacent to an activating group) is 1. The van der Waals surface area contributed by atoms with Gasteiger partial charge in [-0.2, -0.15) is 10.4 Å². The lowest BCUT2D eigenvalue weighted by Crippen LogP contribution is -2.45. The quantitative estimate of drug-likeness (QED) is 0.433. The third-order valence-electron chi connectivity index (χ3n) is 5.19. The molecule has 3 rings (SSSR count). The van der Waals surface area contributed by atoms with Crippen LogP contribution in [-0.4, -0.2) is 68.3 Å². The van der Waals surface area contributed by atoms with Gasteiger partial charge in [0.25, 0.3) is 0 Å². The molecule has 1 N–H and O–H groups in total. The lowest BCUT2D eigenvalue weighted by atomic mass is 10.1. The van der Waals surface area contributed by atoms with E-state index in [2.05, 4.69) is 45.9 Å². The third-order valence-corrected chi connectivity index (χ3v) is 5.19. The molecule has 1 heterocycles. The van der Waals surface area contributed by atoms with Gasteiger partial charge in [0.15, 0.2) is 0 Å². The van der Waals surface area contributed by atoms with Gasteiger partial charge in [0.05, 0.1) is 23.5 Å². The van der Waals surface area contributed by atoms with Crippen molar-refractivity contribution in [2.24, 2.45) is 10.2 Å². The van der Waals surface area contributed by atoms with Gasteiger partial charge in [-0.15, -0.1) is 5.10 Å². The van der Waals surface area contributed by atoms with Gasteiger partial charge >= 0.3 is 0 Å². The van der Waals surface area contributed by atoms with Crippen molar-refractivity contribution in [2.45, 2.75) is 6.54 Å². The summed E-state index contributed by atoms with van der Waals surface area (Å²) in [7, 11) is 3.99. The number of phenolic OH excluding ortho intramolecular Hbond substituents is 1. The fraction of sp³-hybridized carbons (Fsp3) is 0.318. The predicted octanol–water partition coefficient (Wildman–Crippen LogP) is 2.51. The molecule has 8 nitrogen and oxygen atoms in total. The largest absolute Gasteiger partial charge is 0.508 e. The Morgan fingerprint density at radius 1 is 1.17 bits per heavy atom. The van der Waals surface area contributed by atoms with E-state index in [4.69, 9.17) is 0 Å². The fourth-order valence-corrected chi connectivity index (χ4v) is 3.42.